The van der Waals surface area contributed by atoms with E-state index < -0.39 is 5.97 Å². The van der Waals surface area contributed by atoms with Gasteiger partial charge in [0.25, 0.3) is 0 Å². The summed E-state index contributed by atoms with van der Waals surface area (Å²) >= 11 is 3.41. The zero-order valence-electron chi connectivity index (χ0n) is 14.2. The van der Waals surface area contributed by atoms with E-state index in [-0.39, 0.29) is 11.6 Å². The summed E-state index contributed by atoms with van der Waals surface area (Å²) in [5.41, 5.74) is 1.89. The molecule has 0 radical (unpaired) electrons. The third-order valence-electron chi connectivity index (χ3n) is 3.66. The van der Waals surface area contributed by atoms with Crippen LogP contribution in [0.25, 0.3) is 12.2 Å². The number of cyclic esters (lactones) is 1. The second-order valence-electron chi connectivity index (χ2n) is 5.36. The van der Waals surface area contributed by atoms with E-state index in [9.17, 15) is 4.79 Å². The van der Waals surface area contributed by atoms with Gasteiger partial charge >= 0.3 is 5.97 Å². The van der Waals surface area contributed by atoms with Crippen LogP contribution in [0.4, 0.5) is 0 Å². The zero-order chi connectivity index (χ0) is 18.5. The SMILES string of the molecule is COc1ccc(/C=C/C2=NC(=C\c3cc(Br)ccc3OC)/C(=O)O2)cc1. The van der Waals surface area contributed by atoms with Gasteiger partial charge in [0, 0.05) is 16.1 Å². The molecule has 0 aliphatic carbocycles. The number of methoxy groups -OCH3 is 2. The molecule has 0 N–H and O–H groups in total. The van der Waals surface area contributed by atoms with Gasteiger partial charge in [-0.3, -0.25) is 0 Å². The minimum absolute atomic E-state index is 0.218. The van der Waals surface area contributed by atoms with Gasteiger partial charge in [-0.05, 0) is 48.0 Å². The molecule has 3 rings (SSSR count). The van der Waals surface area contributed by atoms with Gasteiger partial charge in [0.15, 0.2) is 5.70 Å². The van der Waals surface area contributed by atoms with Gasteiger partial charge in [0.05, 0.1) is 14.2 Å². The second-order valence-corrected chi connectivity index (χ2v) is 6.28. The molecule has 6 heteroatoms. The van der Waals surface area contributed by atoms with Crippen LogP contribution in [0.2, 0.25) is 0 Å². The molecule has 0 saturated carbocycles. The molecule has 0 amide bonds. The normalized spacial score (nSPS) is 15.3. The minimum Gasteiger partial charge on any atom is -0.497 e. The Bertz CT molecular complexity index is 914. The zero-order valence-corrected chi connectivity index (χ0v) is 15.8. The molecular weight excluding hydrogens is 398 g/mol. The van der Waals surface area contributed by atoms with Crippen LogP contribution in [0.1, 0.15) is 11.1 Å². The lowest BCUT2D eigenvalue weighted by Gasteiger charge is -2.04. The van der Waals surface area contributed by atoms with Crippen molar-refractivity contribution in [3.05, 3.63) is 69.8 Å². The van der Waals surface area contributed by atoms with Crippen LogP contribution in [-0.4, -0.2) is 26.1 Å². The van der Waals surface area contributed by atoms with Gasteiger partial charge in [0.2, 0.25) is 5.90 Å². The van der Waals surface area contributed by atoms with E-state index in [1.165, 1.54) is 0 Å². The highest BCUT2D eigenvalue weighted by molar-refractivity contribution is 9.10. The van der Waals surface area contributed by atoms with Crippen LogP contribution in [0.5, 0.6) is 11.5 Å². The maximum atomic E-state index is 12.1. The Hall–Kier alpha value is -2.86. The van der Waals surface area contributed by atoms with Crippen molar-refractivity contribution in [2.24, 2.45) is 4.99 Å². The van der Waals surface area contributed by atoms with Crippen molar-refractivity contribution in [2.75, 3.05) is 14.2 Å². The molecule has 5 nitrogen and oxygen atoms in total. The number of carbonyl (C=O) groups excluding carboxylic acids is 1. The quantitative estimate of drug-likeness (QED) is 0.535. The number of hydrogen-bond donors (Lipinski definition) is 0. The maximum absolute atomic E-state index is 12.1. The Labute approximate surface area is 159 Å². The third-order valence-corrected chi connectivity index (χ3v) is 4.15. The van der Waals surface area contributed by atoms with Gasteiger partial charge in [-0.15, -0.1) is 0 Å². The second kappa shape index (κ2) is 8.01. The minimum atomic E-state index is -0.499. The number of esters is 1. The fourth-order valence-corrected chi connectivity index (χ4v) is 2.72. The average molecular weight is 414 g/mol. The van der Waals surface area contributed by atoms with Crippen molar-refractivity contribution in [1.82, 2.24) is 0 Å². The van der Waals surface area contributed by atoms with Crippen LogP contribution in [0.3, 0.4) is 0 Å². The Balaban J connectivity index is 1.82. The predicted molar refractivity (Wildman–Crippen MR) is 104 cm³/mol. The molecule has 2 aromatic rings. The molecule has 0 aromatic heterocycles. The first-order valence-electron chi connectivity index (χ1n) is 7.77. The fraction of sp³-hybridized carbons (Fsp3) is 0.100. The number of benzene rings is 2. The van der Waals surface area contributed by atoms with Crippen LogP contribution < -0.4 is 9.47 Å². The molecule has 26 heavy (non-hydrogen) atoms. The molecule has 0 bridgehead atoms. The lowest BCUT2D eigenvalue weighted by atomic mass is 10.1. The van der Waals surface area contributed by atoms with Gasteiger partial charge in [-0.1, -0.05) is 28.1 Å². The summed E-state index contributed by atoms with van der Waals surface area (Å²) in [4.78, 5) is 16.3. The van der Waals surface area contributed by atoms with E-state index in [1.54, 1.807) is 26.4 Å². The lowest BCUT2D eigenvalue weighted by Crippen LogP contribution is -2.01. The molecule has 0 fully saturated rings. The van der Waals surface area contributed by atoms with E-state index >= 15 is 0 Å². The van der Waals surface area contributed by atoms with Crippen LogP contribution in [0, 0.1) is 0 Å². The monoisotopic (exact) mass is 413 g/mol. The number of halogens is 1. The topological polar surface area (TPSA) is 57.1 Å². The highest BCUT2D eigenvalue weighted by Crippen LogP contribution is 2.27. The molecule has 0 atom stereocenters. The van der Waals surface area contributed by atoms with Crippen LogP contribution >= 0.6 is 15.9 Å². The Morgan fingerprint density at radius 3 is 2.50 bits per heavy atom. The Morgan fingerprint density at radius 2 is 1.81 bits per heavy atom. The van der Waals surface area contributed by atoms with E-state index in [1.807, 2.05) is 48.5 Å². The molecular formula is C20H16BrNO4. The Morgan fingerprint density at radius 1 is 1.04 bits per heavy atom. The van der Waals surface area contributed by atoms with Crippen molar-refractivity contribution in [2.45, 2.75) is 0 Å². The number of hydrogen-bond acceptors (Lipinski definition) is 5. The number of carbonyl (C=O) groups is 1. The van der Waals surface area contributed by atoms with Gasteiger partial charge in [-0.2, -0.15) is 0 Å². The maximum Gasteiger partial charge on any atom is 0.363 e. The summed E-state index contributed by atoms with van der Waals surface area (Å²) in [5.74, 6) is 1.17. The smallest absolute Gasteiger partial charge is 0.363 e. The molecule has 0 unspecified atom stereocenters. The van der Waals surface area contributed by atoms with Gasteiger partial charge in [0.1, 0.15) is 11.5 Å². The number of ether oxygens (including phenoxy) is 3. The van der Waals surface area contributed by atoms with E-state index in [0.717, 1.165) is 21.3 Å². The summed E-state index contributed by atoms with van der Waals surface area (Å²) in [6.45, 7) is 0. The van der Waals surface area contributed by atoms with Crippen LogP contribution in [-0.2, 0) is 9.53 Å². The number of rotatable bonds is 5. The molecule has 0 spiro atoms. The third kappa shape index (κ3) is 4.21. The summed E-state index contributed by atoms with van der Waals surface area (Å²) in [6, 6.07) is 13.0. The number of nitrogens with zero attached hydrogens (tertiary/aromatic N) is 1. The van der Waals surface area contributed by atoms with Crippen molar-refractivity contribution in [1.29, 1.82) is 0 Å². The van der Waals surface area contributed by atoms with Gasteiger partial charge < -0.3 is 14.2 Å². The predicted octanol–water partition coefficient (Wildman–Crippen LogP) is 4.48. The molecule has 1 heterocycles. The largest absolute Gasteiger partial charge is 0.497 e. The van der Waals surface area contributed by atoms with Crippen LogP contribution in [0.15, 0.2) is 63.7 Å². The standard InChI is InChI=1S/C20H16BrNO4/c1-24-16-7-3-13(4-8-16)5-10-19-22-17(20(23)26-19)12-14-11-15(21)6-9-18(14)25-2/h3-12H,1-2H3/b10-5+,17-12-. The molecule has 0 saturated heterocycles. The first kappa shape index (κ1) is 17.9. The van der Waals surface area contributed by atoms with E-state index in [2.05, 4.69) is 20.9 Å². The Kier molecular flexibility index (Phi) is 5.53. The van der Waals surface area contributed by atoms with Crippen molar-refractivity contribution >= 4 is 39.9 Å². The summed E-state index contributed by atoms with van der Waals surface area (Å²) < 4.78 is 16.5. The van der Waals surface area contributed by atoms with Crippen molar-refractivity contribution in [3.63, 3.8) is 0 Å². The fourth-order valence-electron chi connectivity index (χ4n) is 2.34. The molecule has 1 aliphatic heterocycles. The summed E-state index contributed by atoms with van der Waals surface area (Å²) in [7, 11) is 3.19. The first-order chi connectivity index (χ1) is 12.6. The van der Waals surface area contributed by atoms with E-state index in [0.29, 0.717) is 5.75 Å². The first-order valence-corrected chi connectivity index (χ1v) is 8.56. The number of aliphatic imine (C=N–C) groups is 1. The molecule has 132 valence electrons. The highest BCUT2D eigenvalue weighted by Gasteiger charge is 2.21. The highest BCUT2D eigenvalue weighted by atomic mass is 79.9. The van der Waals surface area contributed by atoms with Gasteiger partial charge in [-0.25, -0.2) is 9.79 Å². The summed E-state index contributed by atoms with van der Waals surface area (Å²) in [5, 5.41) is 0. The molecule has 2 aromatic carbocycles. The average Bonchev–Trinajstić information content (AvgIpc) is 3.00. The van der Waals surface area contributed by atoms with Crippen molar-refractivity contribution in [3.8, 4) is 11.5 Å². The lowest BCUT2D eigenvalue weighted by molar-refractivity contribution is -0.129. The summed E-state index contributed by atoms with van der Waals surface area (Å²) in [6.07, 6.45) is 5.10. The van der Waals surface area contributed by atoms with Crippen molar-refractivity contribution < 1.29 is 19.0 Å². The van der Waals surface area contributed by atoms with E-state index in [4.69, 9.17) is 14.2 Å². The molecule has 1 aliphatic rings.